The summed E-state index contributed by atoms with van der Waals surface area (Å²) in [4.78, 5) is 0. The van der Waals surface area contributed by atoms with Crippen LogP contribution < -0.4 is 8.92 Å². The Morgan fingerprint density at radius 1 is 0.906 bits per heavy atom. The van der Waals surface area contributed by atoms with E-state index in [0.717, 1.165) is 35.3 Å². The Morgan fingerprint density at radius 2 is 1.38 bits per heavy atom. The Labute approximate surface area is 192 Å². The van der Waals surface area contributed by atoms with Gasteiger partial charge in [-0.05, 0) is 66.5 Å². The van der Waals surface area contributed by atoms with Gasteiger partial charge in [0.1, 0.15) is 18.1 Å². The van der Waals surface area contributed by atoms with Crippen molar-refractivity contribution >= 4 is 10.4 Å². The standard InChI is InChI=1S/C25H36O6S/c1-8-25(9-2,20-11-13-22(18(4)15-20)31-32(27,28)29)19-10-12-21(17(3)14-19)30-16-23(26)24(5,6)7/h10-15,23,26H,8-9,16H2,1-7H3,(H,27,28,29)/t23-/m0/s1. The number of aryl methyl sites for hydroxylation is 2. The summed E-state index contributed by atoms with van der Waals surface area (Å²) in [5, 5.41) is 10.3. The lowest BCUT2D eigenvalue weighted by molar-refractivity contribution is 0.0216. The lowest BCUT2D eigenvalue weighted by Crippen LogP contribution is -2.32. The number of hydrogen-bond donors (Lipinski definition) is 2. The van der Waals surface area contributed by atoms with Crippen LogP contribution in [0.2, 0.25) is 0 Å². The molecule has 0 aromatic heterocycles. The first-order valence-corrected chi connectivity index (χ1v) is 12.3. The number of aliphatic hydroxyl groups is 1. The quantitative estimate of drug-likeness (QED) is 0.484. The first-order valence-electron chi connectivity index (χ1n) is 10.9. The van der Waals surface area contributed by atoms with Crippen LogP contribution in [0.4, 0.5) is 0 Å². The van der Waals surface area contributed by atoms with Gasteiger partial charge in [0.2, 0.25) is 0 Å². The third-order valence-corrected chi connectivity index (χ3v) is 6.64. The third-order valence-electron chi connectivity index (χ3n) is 6.25. The highest BCUT2D eigenvalue weighted by Crippen LogP contribution is 2.41. The molecule has 7 heteroatoms. The highest BCUT2D eigenvalue weighted by atomic mass is 32.3. The minimum absolute atomic E-state index is 0.106. The van der Waals surface area contributed by atoms with Gasteiger partial charge in [-0.15, -0.1) is 0 Å². The molecular formula is C25H36O6S. The van der Waals surface area contributed by atoms with Crippen LogP contribution in [0.1, 0.15) is 69.7 Å². The summed E-state index contributed by atoms with van der Waals surface area (Å²) < 4.78 is 41.8. The van der Waals surface area contributed by atoms with E-state index in [1.165, 1.54) is 0 Å². The minimum atomic E-state index is -4.57. The predicted molar refractivity (Wildman–Crippen MR) is 127 cm³/mol. The van der Waals surface area contributed by atoms with Crippen molar-refractivity contribution in [1.29, 1.82) is 0 Å². The van der Waals surface area contributed by atoms with Gasteiger partial charge in [0.25, 0.3) is 0 Å². The summed E-state index contributed by atoms with van der Waals surface area (Å²) in [5.41, 5.74) is 3.24. The van der Waals surface area contributed by atoms with Crippen LogP contribution in [-0.4, -0.2) is 30.8 Å². The monoisotopic (exact) mass is 464 g/mol. The number of aliphatic hydroxyl groups excluding tert-OH is 1. The van der Waals surface area contributed by atoms with E-state index >= 15 is 0 Å². The largest absolute Gasteiger partial charge is 0.491 e. The molecule has 1 atom stereocenters. The number of benzene rings is 2. The topological polar surface area (TPSA) is 93.1 Å². The summed E-state index contributed by atoms with van der Waals surface area (Å²) >= 11 is 0. The molecule has 178 valence electrons. The highest BCUT2D eigenvalue weighted by molar-refractivity contribution is 7.81. The Morgan fingerprint density at radius 3 is 1.75 bits per heavy atom. The maximum absolute atomic E-state index is 11.1. The summed E-state index contributed by atoms with van der Waals surface area (Å²) in [6, 6.07) is 11.5. The Hall–Kier alpha value is -2.09. The van der Waals surface area contributed by atoms with E-state index < -0.39 is 16.5 Å². The Bertz CT molecular complexity index is 1030. The van der Waals surface area contributed by atoms with E-state index in [4.69, 9.17) is 9.29 Å². The van der Waals surface area contributed by atoms with Crippen LogP contribution in [0.25, 0.3) is 0 Å². The molecule has 0 aliphatic carbocycles. The zero-order chi connectivity index (χ0) is 24.3. The van der Waals surface area contributed by atoms with E-state index in [9.17, 15) is 13.5 Å². The minimum Gasteiger partial charge on any atom is -0.491 e. The second-order valence-corrected chi connectivity index (χ2v) is 10.5. The molecule has 2 N–H and O–H groups in total. The smallest absolute Gasteiger partial charge is 0.446 e. The Balaban J connectivity index is 2.39. The van der Waals surface area contributed by atoms with Crippen LogP contribution in [0.15, 0.2) is 36.4 Å². The van der Waals surface area contributed by atoms with Crippen molar-refractivity contribution < 1.29 is 27.0 Å². The molecule has 2 aromatic rings. The molecule has 0 fully saturated rings. The molecule has 0 amide bonds. The van der Waals surface area contributed by atoms with Crippen LogP contribution in [0.3, 0.4) is 0 Å². The summed E-state index contributed by atoms with van der Waals surface area (Å²) in [7, 11) is -4.57. The molecule has 0 heterocycles. The lowest BCUT2D eigenvalue weighted by Gasteiger charge is -2.34. The molecule has 0 saturated heterocycles. The van der Waals surface area contributed by atoms with Crippen molar-refractivity contribution in [2.24, 2.45) is 5.41 Å². The summed E-state index contributed by atoms with van der Waals surface area (Å²) in [6.45, 7) is 14.1. The van der Waals surface area contributed by atoms with E-state index in [1.807, 2.05) is 45.9 Å². The van der Waals surface area contributed by atoms with Crippen molar-refractivity contribution in [2.45, 2.75) is 72.8 Å². The lowest BCUT2D eigenvalue weighted by atomic mass is 9.70. The molecule has 2 aromatic carbocycles. The molecule has 0 spiro atoms. The van der Waals surface area contributed by atoms with Gasteiger partial charge in [-0.3, -0.25) is 4.55 Å². The van der Waals surface area contributed by atoms with E-state index in [1.54, 1.807) is 13.0 Å². The van der Waals surface area contributed by atoms with Crippen molar-refractivity contribution in [2.75, 3.05) is 6.61 Å². The van der Waals surface area contributed by atoms with Crippen LogP contribution in [0, 0.1) is 19.3 Å². The fourth-order valence-corrected chi connectivity index (χ4v) is 4.33. The molecule has 0 aliphatic heterocycles. The summed E-state index contributed by atoms with van der Waals surface area (Å²) in [5.74, 6) is 0.848. The van der Waals surface area contributed by atoms with Gasteiger partial charge in [0, 0.05) is 5.41 Å². The Kier molecular flexibility index (Phi) is 8.02. The van der Waals surface area contributed by atoms with Gasteiger partial charge in [-0.25, -0.2) is 0 Å². The second-order valence-electron chi connectivity index (χ2n) is 9.45. The summed E-state index contributed by atoms with van der Waals surface area (Å²) in [6.07, 6.45) is 1.10. The maximum atomic E-state index is 11.1. The third kappa shape index (κ3) is 6.03. The molecule has 0 aliphatic rings. The fraction of sp³-hybridized carbons (Fsp3) is 0.520. The van der Waals surface area contributed by atoms with Gasteiger partial charge in [0.15, 0.2) is 0 Å². The van der Waals surface area contributed by atoms with Gasteiger partial charge in [-0.2, -0.15) is 8.42 Å². The van der Waals surface area contributed by atoms with Crippen LogP contribution >= 0.6 is 0 Å². The van der Waals surface area contributed by atoms with E-state index in [2.05, 4.69) is 30.2 Å². The second kappa shape index (κ2) is 9.81. The van der Waals surface area contributed by atoms with Crippen LogP contribution in [-0.2, 0) is 15.8 Å². The van der Waals surface area contributed by atoms with Gasteiger partial charge in [-0.1, -0.05) is 58.9 Å². The molecule has 0 bridgehead atoms. The van der Waals surface area contributed by atoms with E-state index in [-0.39, 0.29) is 23.2 Å². The zero-order valence-electron chi connectivity index (χ0n) is 20.1. The molecule has 6 nitrogen and oxygen atoms in total. The van der Waals surface area contributed by atoms with Crippen molar-refractivity contribution in [3.05, 3.63) is 58.7 Å². The molecular weight excluding hydrogens is 428 g/mol. The average Bonchev–Trinajstić information content (AvgIpc) is 2.68. The molecule has 2 rings (SSSR count). The molecule has 0 saturated carbocycles. The molecule has 32 heavy (non-hydrogen) atoms. The fourth-order valence-electron chi connectivity index (χ4n) is 3.91. The number of ether oxygens (including phenoxy) is 1. The normalized spacial score (nSPS) is 13.7. The SMILES string of the molecule is CCC(CC)(c1ccc(OC[C@H](O)C(C)(C)C)c(C)c1)c1ccc(OS(=O)(=O)O)c(C)c1. The average molecular weight is 465 g/mol. The van der Waals surface area contributed by atoms with Crippen molar-refractivity contribution in [3.8, 4) is 11.5 Å². The molecule has 0 radical (unpaired) electrons. The van der Waals surface area contributed by atoms with Crippen molar-refractivity contribution in [3.63, 3.8) is 0 Å². The zero-order valence-corrected chi connectivity index (χ0v) is 20.9. The predicted octanol–water partition coefficient (Wildman–Crippen LogP) is 5.38. The van der Waals surface area contributed by atoms with Gasteiger partial charge < -0.3 is 14.0 Å². The van der Waals surface area contributed by atoms with Crippen LogP contribution in [0.5, 0.6) is 11.5 Å². The van der Waals surface area contributed by atoms with Gasteiger partial charge >= 0.3 is 10.4 Å². The maximum Gasteiger partial charge on any atom is 0.446 e. The first-order chi connectivity index (χ1) is 14.7. The van der Waals surface area contributed by atoms with Crippen molar-refractivity contribution in [1.82, 2.24) is 0 Å². The first kappa shape index (κ1) is 26.2. The number of rotatable bonds is 9. The number of hydrogen-bond acceptors (Lipinski definition) is 5. The highest BCUT2D eigenvalue weighted by Gasteiger charge is 2.32. The molecule has 0 unspecified atom stereocenters. The van der Waals surface area contributed by atoms with E-state index in [0.29, 0.717) is 5.56 Å². The van der Waals surface area contributed by atoms with Gasteiger partial charge in [0.05, 0.1) is 6.10 Å².